The van der Waals surface area contributed by atoms with E-state index in [1.807, 2.05) is 0 Å². The highest BCUT2D eigenvalue weighted by Crippen LogP contribution is 2.49. The van der Waals surface area contributed by atoms with Crippen molar-refractivity contribution in [3.8, 4) is 11.5 Å². The van der Waals surface area contributed by atoms with E-state index in [0.29, 0.717) is 11.3 Å². The molecule has 0 radical (unpaired) electrons. The van der Waals surface area contributed by atoms with Crippen molar-refractivity contribution in [3.05, 3.63) is 23.5 Å². The summed E-state index contributed by atoms with van der Waals surface area (Å²) in [5.41, 5.74) is 0.0477. The van der Waals surface area contributed by atoms with Crippen molar-refractivity contribution in [1.82, 2.24) is 0 Å². The van der Waals surface area contributed by atoms with Gasteiger partial charge in [0.2, 0.25) is 6.08 Å². The predicted molar refractivity (Wildman–Crippen MR) is 63.2 cm³/mol. The normalized spacial score (nSPS) is 16.4. The van der Waals surface area contributed by atoms with Crippen LogP contribution < -0.4 is 9.47 Å². The van der Waals surface area contributed by atoms with Gasteiger partial charge < -0.3 is 9.47 Å². The maximum absolute atomic E-state index is 13.6. The zero-order valence-electron chi connectivity index (χ0n) is 10.3. The van der Waals surface area contributed by atoms with Crippen molar-refractivity contribution in [2.75, 3.05) is 14.2 Å². The van der Waals surface area contributed by atoms with Crippen LogP contribution in [-0.2, 0) is 10.3 Å². The van der Waals surface area contributed by atoms with Crippen LogP contribution in [0.25, 0.3) is 0 Å². The lowest BCUT2D eigenvalue weighted by Gasteiger charge is -2.38. The van der Waals surface area contributed by atoms with Crippen LogP contribution in [0.4, 0.5) is 4.39 Å². The lowest BCUT2D eigenvalue weighted by Crippen LogP contribution is -2.32. The van der Waals surface area contributed by atoms with Crippen molar-refractivity contribution in [1.29, 1.82) is 0 Å². The van der Waals surface area contributed by atoms with Crippen LogP contribution in [0.2, 0.25) is 0 Å². The van der Waals surface area contributed by atoms with Crippen LogP contribution in [0.5, 0.6) is 11.5 Å². The van der Waals surface area contributed by atoms with Crippen LogP contribution in [-0.4, -0.2) is 20.3 Å². The van der Waals surface area contributed by atoms with Crippen molar-refractivity contribution < 1.29 is 18.7 Å². The first-order chi connectivity index (χ1) is 8.66. The van der Waals surface area contributed by atoms with E-state index in [-0.39, 0.29) is 5.75 Å². The summed E-state index contributed by atoms with van der Waals surface area (Å²) >= 11 is 0. The maximum atomic E-state index is 13.6. The second-order valence-electron chi connectivity index (χ2n) is 4.28. The Morgan fingerprint density at radius 2 is 1.94 bits per heavy atom. The SMILES string of the molecule is COc1cc(C2(N=C=O)CCC2)c(OC)cc1F. The Morgan fingerprint density at radius 1 is 1.28 bits per heavy atom. The Hall–Kier alpha value is -1.87. The summed E-state index contributed by atoms with van der Waals surface area (Å²) in [5, 5.41) is 0. The zero-order chi connectivity index (χ0) is 13.2. The van der Waals surface area contributed by atoms with Gasteiger partial charge in [-0.2, -0.15) is 4.99 Å². The molecule has 1 aromatic rings. The van der Waals surface area contributed by atoms with E-state index in [1.165, 1.54) is 20.3 Å². The highest BCUT2D eigenvalue weighted by Gasteiger charge is 2.41. The fourth-order valence-corrected chi connectivity index (χ4v) is 2.26. The number of methoxy groups -OCH3 is 2. The van der Waals surface area contributed by atoms with Crippen LogP contribution in [0.1, 0.15) is 24.8 Å². The van der Waals surface area contributed by atoms with Gasteiger partial charge in [-0.15, -0.1) is 0 Å². The fourth-order valence-electron chi connectivity index (χ4n) is 2.26. The van der Waals surface area contributed by atoms with E-state index >= 15 is 0 Å². The molecular weight excluding hydrogens is 237 g/mol. The van der Waals surface area contributed by atoms with Crippen LogP contribution in [0, 0.1) is 5.82 Å². The first-order valence-electron chi connectivity index (χ1n) is 5.68. The molecule has 0 N–H and O–H groups in total. The number of hydrogen-bond donors (Lipinski definition) is 0. The molecule has 96 valence electrons. The summed E-state index contributed by atoms with van der Waals surface area (Å²) in [6.07, 6.45) is 4.02. The Bertz CT molecular complexity index is 505. The standard InChI is InChI=1S/C13H14FNO3/c1-17-11-7-10(14)12(18-2)6-9(11)13(15-8-16)4-3-5-13/h6-7H,3-5H2,1-2H3. The first-order valence-corrected chi connectivity index (χ1v) is 5.68. The van der Waals surface area contributed by atoms with E-state index in [4.69, 9.17) is 9.47 Å². The molecule has 0 saturated heterocycles. The van der Waals surface area contributed by atoms with Gasteiger partial charge in [0, 0.05) is 11.6 Å². The number of ether oxygens (including phenoxy) is 2. The van der Waals surface area contributed by atoms with Gasteiger partial charge in [0.05, 0.1) is 14.2 Å². The van der Waals surface area contributed by atoms with Crippen LogP contribution in [0.15, 0.2) is 17.1 Å². The Kier molecular flexibility index (Phi) is 3.34. The van der Waals surface area contributed by atoms with Crippen LogP contribution >= 0.6 is 0 Å². The van der Waals surface area contributed by atoms with Gasteiger partial charge in [-0.05, 0) is 25.3 Å². The molecule has 5 heteroatoms. The monoisotopic (exact) mass is 251 g/mol. The lowest BCUT2D eigenvalue weighted by atomic mass is 9.72. The predicted octanol–water partition coefficient (Wildman–Crippen LogP) is 2.56. The maximum Gasteiger partial charge on any atom is 0.235 e. The molecule has 0 atom stereocenters. The van der Waals surface area contributed by atoms with Gasteiger partial charge in [-0.1, -0.05) is 0 Å². The number of halogens is 1. The van der Waals surface area contributed by atoms with Crippen molar-refractivity contribution in [2.24, 2.45) is 4.99 Å². The van der Waals surface area contributed by atoms with Crippen molar-refractivity contribution in [2.45, 2.75) is 24.8 Å². The summed E-state index contributed by atoms with van der Waals surface area (Å²) in [6, 6.07) is 2.81. The number of isocyanates is 1. The van der Waals surface area contributed by atoms with E-state index in [9.17, 15) is 9.18 Å². The van der Waals surface area contributed by atoms with E-state index in [1.54, 1.807) is 12.1 Å². The molecule has 0 bridgehead atoms. The van der Waals surface area contributed by atoms with Gasteiger partial charge in [0.25, 0.3) is 0 Å². The molecule has 0 aliphatic heterocycles. The number of benzene rings is 1. The average Bonchev–Trinajstić information content (AvgIpc) is 2.33. The van der Waals surface area contributed by atoms with Gasteiger partial charge in [0.15, 0.2) is 11.6 Å². The molecular formula is C13H14FNO3. The summed E-state index contributed by atoms with van der Waals surface area (Å²) < 4.78 is 23.7. The highest BCUT2D eigenvalue weighted by atomic mass is 19.1. The third-order valence-corrected chi connectivity index (χ3v) is 3.42. The molecule has 1 aliphatic carbocycles. The first kappa shape index (κ1) is 12.6. The smallest absolute Gasteiger partial charge is 0.235 e. The molecule has 1 fully saturated rings. The highest BCUT2D eigenvalue weighted by molar-refractivity contribution is 5.49. The molecule has 0 spiro atoms. The number of aliphatic imine (C=N–C) groups is 1. The molecule has 4 nitrogen and oxygen atoms in total. The molecule has 0 aromatic heterocycles. The second-order valence-corrected chi connectivity index (χ2v) is 4.28. The molecule has 0 amide bonds. The topological polar surface area (TPSA) is 47.9 Å². The number of carbonyl (C=O) groups excluding carboxylic acids is 1. The lowest BCUT2D eigenvalue weighted by molar-refractivity contribution is 0.244. The van der Waals surface area contributed by atoms with E-state index in [0.717, 1.165) is 19.3 Å². The van der Waals surface area contributed by atoms with Gasteiger partial charge in [-0.25, -0.2) is 9.18 Å². The van der Waals surface area contributed by atoms with Gasteiger partial charge in [-0.3, -0.25) is 0 Å². The fraction of sp³-hybridized carbons (Fsp3) is 0.462. The minimum Gasteiger partial charge on any atom is -0.496 e. The van der Waals surface area contributed by atoms with Crippen molar-refractivity contribution >= 4 is 6.08 Å². The summed E-state index contributed by atoms with van der Waals surface area (Å²) in [4.78, 5) is 14.5. The van der Waals surface area contributed by atoms with Crippen LogP contribution in [0.3, 0.4) is 0 Å². The Morgan fingerprint density at radius 3 is 2.39 bits per heavy atom. The molecule has 0 heterocycles. The number of hydrogen-bond acceptors (Lipinski definition) is 4. The third kappa shape index (κ3) is 1.87. The quantitative estimate of drug-likeness (QED) is 0.610. The minimum absolute atomic E-state index is 0.123. The third-order valence-electron chi connectivity index (χ3n) is 3.42. The molecule has 2 rings (SSSR count). The van der Waals surface area contributed by atoms with E-state index < -0.39 is 11.4 Å². The van der Waals surface area contributed by atoms with Gasteiger partial charge >= 0.3 is 0 Å². The zero-order valence-corrected chi connectivity index (χ0v) is 10.3. The van der Waals surface area contributed by atoms with Gasteiger partial charge in [0.1, 0.15) is 11.3 Å². The second kappa shape index (κ2) is 4.78. The molecule has 1 aromatic carbocycles. The average molecular weight is 251 g/mol. The largest absolute Gasteiger partial charge is 0.496 e. The molecule has 0 unspecified atom stereocenters. The number of rotatable bonds is 4. The Balaban J connectivity index is 2.57. The summed E-state index contributed by atoms with van der Waals surface area (Å²) in [7, 11) is 2.85. The Labute approximate surface area is 104 Å². The molecule has 18 heavy (non-hydrogen) atoms. The van der Waals surface area contributed by atoms with Crippen molar-refractivity contribution in [3.63, 3.8) is 0 Å². The summed E-state index contributed by atoms with van der Waals surface area (Å²) in [6.45, 7) is 0. The summed E-state index contributed by atoms with van der Waals surface area (Å²) in [5.74, 6) is 0.00725. The van der Waals surface area contributed by atoms with E-state index in [2.05, 4.69) is 4.99 Å². The number of nitrogens with zero attached hydrogens (tertiary/aromatic N) is 1. The minimum atomic E-state index is -0.631. The molecule has 1 aliphatic rings. The molecule has 1 saturated carbocycles.